The van der Waals surface area contributed by atoms with Crippen LogP contribution < -0.4 is 15.5 Å². The average molecular weight is 552 g/mol. The molecule has 0 radical (unpaired) electrons. The lowest BCUT2D eigenvalue weighted by Gasteiger charge is -2.29. The molecule has 0 unspecified atom stereocenters. The largest absolute Gasteiger partial charge is 0.368 e. The zero-order valence-corrected chi connectivity index (χ0v) is 22.5. The minimum Gasteiger partial charge on any atom is -0.368 e. The van der Waals surface area contributed by atoms with E-state index in [0.29, 0.717) is 73.1 Å². The summed E-state index contributed by atoms with van der Waals surface area (Å²) in [7, 11) is 0. The van der Waals surface area contributed by atoms with Crippen LogP contribution in [0.1, 0.15) is 42.5 Å². The number of carbonyl (C=O) groups excluding carboxylic acids is 3. The van der Waals surface area contributed by atoms with Crippen LogP contribution in [0.25, 0.3) is 0 Å². The van der Waals surface area contributed by atoms with Gasteiger partial charge >= 0.3 is 0 Å². The van der Waals surface area contributed by atoms with E-state index in [4.69, 9.17) is 0 Å². The van der Waals surface area contributed by atoms with Crippen molar-refractivity contribution in [3.63, 3.8) is 0 Å². The number of anilines is 2. The van der Waals surface area contributed by atoms with Gasteiger partial charge in [-0.3, -0.25) is 14.4 Å². The molecule has 3 aromatic rings. The molecule has 0 bridgehead atoms. The standard InChI is InChI=1S/C27H30FN7O3S/c1-18-24(39-32-31-18)25(36)30-22-17-20(27(38)35-12-8-29-9-13-35)6-7-23(22)33-10-3-11-34(15-14-33)26(37)19-4-2-5-21(28)16-19/h2,4-7,16-17,29H,3,8-15H2,1H3,(H,30,36). The molecule has 3 amide bonds. The summed E-state index contributed by atoms with van der Waals surface area (Å²) in [6, 6.07) is 11.1. The minimum atomic E-state index is -0.445. The Morgan fingerprint density at radius 1 is 0.923 bits per heavy atom. The summed E-state index contributed by atoms with van der Waals surface area (Å²) in [6.45, 7) is 6.56. The normalized spacial score (nSPS) is 16.1. The number of rotatable bonds is 5. The van der Waals surface area contributed by atoms with Crippen LogP contribution in [0.5, 0.6) is 0 Å². The molecule has 12 heteroatoms. The minimum absolute atomic E-state index is 0.0862. The fourth-order valence-corrected chi connectivity index (χ4v) is 5.43. The van der Waals surface area contributed by atoms with Crippen LogP contribution in [0.15, 0.2) is 42.5 Å². The first-order chi connectivity index (χ1) is 18.9. The molecule has 2 aliphatic heterocycles. The van der Waals surface area contributed by atoms with Crippen LogP contribution in [0.3, 0.4) is 0 Å². The van der Waals surface area contributed by atoms with Gasteiger partial charge in [0.05, 0.1) is 17.1 Å². The predicted molar refractivity (Wildman–Crippen MR) is 147 cm³/mol. The summed E-state index contributed by atoms with van der Waals surface area (Å²) >= 11 is 1.02. The van der Waals surface area contributed by atoms with Gasteiger partial charge < -0.3 is 25.3 Å². The number of hydrogen-bond acceptors (Lipinski definition) is 8. The molecular weight excluding hydrogens is 521 g/mol. The number of aryl methyl sites for hydroxylation is 1. The molecule has 1 aromatic heterocycles. The molecule has 2 N–H and O–H groups in total. The molecule has 2 fully saturated rings. The maximum absolute atomic E-state index is 13.7. The molecule has 2 aliphatic rings. The molecule has 0 atom stereocenters. The van der Waals surface area contributed by atoms with Crippen molar-refractivity contribution in [1.82, 2.24) is 24.7 Å². The number of nitrogens with one attached hydrogen (secondary N) is 2. The summed E-state index contributed by atoms with van der Waals surface area (Å²) < 4.78 is 17.6. The van der Waals surface area contributed by atoms with Gasteiger partial charge in [-0.05, 0) is 61.3 Å². The fourth-order valence-electron chi connectivity index (χ4n) is 4.88. The van der Waals surface area contributed by atoms with Gasteiger partial charge in [-0.1, -0.05) is 10.6 Å². The molecule has 0 aliphatic carbocycles. The van der Waals surface area contributed by atoms with Crippen molar-refractivity contribution in [3.05, 3.63) is 70.0 Å². The van der Waals surface area contributed by atoms with Crippen LogP contribution >= 0.6 is 11.5 Å². The van der Waals surface area contributed by atoms with Crippen molar-refractivity contribution in [2.24, 2.45) is 0 Å². The van der Waals surface area contributed by atoms with Gasteiger partial charge in [-0.15, -0.1) is 5.10 Å². The molecule has 39 heavy (non-hydrogen) atoms. The number of amides is 3. The monoisotopic (exact) mass is 551 g/mol. The molecule has 0 saturated carbocycles. The highest BCUT2D eigenvalue weighted by Crippen LogP contribution is 2.30. The van der Waals surface area contributed by atoms with Crippen molar-refractivity contribution in [3.8, 4) is 0 Å². The smallest absolute Gasteiger partial charge is 0.269 e. The van der Waals surface area contributed by atoms with Gasteiger partial charge in [0, 0.05) is 63.5 Å². The zero-order chi connectivity index (χ0) is 27.4. The third kappa shape index (κ3) is 6.07. The van der Waals surface area contributed by atoms with E-state index in [1.807, 2.05) is 6.07 Å². The lowest BCUT2D eigenvalue weighted by molar-refractivity contribution is 0.0734. The Morgan fingerprint density at radius 2 is 1.67 bits per heavy atom. The van der Waals surface area contributed by atoms with Crippen molar-refractivity contribution in [1.29, 1.82) is 0 Å². The quantitative estimate of drug-likeness (QED) is 0.502. The van der Waals surface area contributed by atoms with Crippen LogP contribution in [-0.4, -0.2) is 89.5 Å². The first-order valence-corrected chi connectivity index (χ1v) is 13.7. The Morgan fingerprint density at radius 3 is 2.38 bits per heavy atom. The van der Waals surface area contributed by atoms with Gasteiger partial charge in [0.15, 0.2) is 0 Å². The second-order valence-corrected chi connectivity index (χ2v) is 10.3. The number of piperazine rings is 1. The van der Waals surface area contributed by atoms with E-state index < -0.39 is 5.82 Å². The summed E-state index contributed by atoms with van der Waals surface area (Å²) in [5, 5.41) is 10.2. The van der Waals surface area contributed by atoms with Crippen molar-refractivity contribution < 1.29 is 18.8 Å². The molecule has 204 valence electrons. The molecule has 2 aromatic carbocycles. The first kappa shape index (κ1) is 26.7. The van der Waals surface area contributed by atoms with E-state index in [1.165, 1.54) is 18.2 Å². The predicted octanol–water partition coefficient (Wildman–Crippen LogP) is 2.64. The maximum atomic E-state index is 13.7. The molecule has 2 saturated heterocycles. The number of carbonyl (C=O) groups is 3. The van der Waals surface area contributed by atoms with Gasteiger partial charge in [0.1, 0.15) is 10.7 Å². The highest BCUT2D eigenvalue weighted by Gasteiger charge is 2.25. The van der Waals surface area contributed by atoms with E-state index in [2.05, 4.69) is 25.1 Å². The molecule has 3 heterocycles. The Bertz CT molecular complexity index is 1370. The number of halogens is 1. The number of aromatic nitrogens is 2. The summed E-state index contributed by atoms with van der Waals surface area (Å²) in [6.07, 6.45) is 0.688. The average Bonchev–Trinajstić information content (AvgIpc) is 3.24. The van der Waals surface area contributed by atoms with E-state index in [0.717, 1.165) is 30.3 Å². The van der Waals surface area contributed by atoms with Crippen molar-refractivity contribution in [2.75, 3.05) is 62.6 Å². The summed E-state index contributed by atoms with van der Waals surface area (Å²) in [5.41, 5.74) is 2.62. The Balaban J connectivity index is 1.39. The lowest BCUT2D eigenvalue weighted by atomic mass is 10.1. The highest BCUT2D eigenvalue weighted by atomic mass is 32.1. The number of hydrogen-bond donors (Lipinski definition) is 2. The lowest BCUT2D eigenvalue weighted by Crippen LogP contribution is -2.46. The van der Waals surface area contributed by atoms with Gasteiger partial charge in [-0.2, -0.15) is 0 Å². The van der Waals surface area contributed by atoms with Crippen molar-refractivity contribution >= 4 is 40.6 Å². The molecule has 0 spiro atoms. The Hall–Kier alpha value is -3.90. The van der Waals surface area contributed by atoms with Gasteiger partial charge in [0.2, 0.25) is 0 Å². The van der Waals surface area contributed by atoms with E-state index in [-0.39, 0.29) is 17.7 Å². The molecule has 10 nitrogen and oxygen atoms in total. The fraction of sp³-hybridized carbons (Fsp3) is 0.370. The second-order valence-electron chi connectivity index (χ2n) is 9.56. The van der Waals surface area contributed by atoms with E-state index in [1.54, 1.807) is 34.9 Å². The van der Waals surface area contributed by atoms with E-state index >= 15 is 0 Å². The van der Waals surface area contributed by atoms with Gasteiger partial charge in [0.25, 0.3) is 17.7 Å². The summed E-state index contributed by atoms with van der Waals surface area (Å²) in [5.74, 6) is -1.08. The molecule has 5 rings (SSSR count). The zero-order valence-electron chi connectivity index (χ0n) is 21.7. The number of nitrogens with zero attached hydrogens (tertiary/aromatic N) is 5. The second kappa shape index (κ2) is 11.9. The Kier molecular flexibility index (Phi) is 8.13. The highest BCUT2D eigenvalue weighted by molar-refractivity contribution is 7.08. The topological polar surface area (TPSA) is 111 Å². The van der Waals surface area contributed by atoms with Crippen molar-refractivity contribution in [2.45, 2.75) is 13.3 Å². The van der Waals surface area contributed by atoms with Crippen LogP contribution in [-0.2, 0) is 0 Å². The summed E-state index contributed by atoms with van der Waals surface area (Å²) in [4.78, 5) is 45.4. The van der Waals surface area contributed by atoms with Crippen LogP contribution in [0.4, 0.5) is 15.8 Å². The van der Waals surface area contributed by atoms with E-state index in [9.17, 15) is 18.8 Å². The van der Waals surface area contributed by atoms with Crippen LogP contribution in [0.2, 0.25) is 0 Å². The third-order valence-electron chi connectivity index (χ3n) is 6.95. The first-order valence-electron chi connectivity index (χ1n) is 12.9. The van der Waals surface area contributed by atoms with Gasteiger partial charge in [-0.25, -0.2) is 4.39 Å². The third-order valence-corrected chi connectivity index (χ3v) is 7.78. The van der Waals surface area contributed by atoms with Crippen LogP contribution in [0, 0.1) is 12.7 Å². The SMILES string of the molecule is Cc1nnsc1C(=O)Nc1cc(C(=O)N2CCNCC2)ccc1N1CCCN(C(=O)c2cccc(F)c2)CC1. The number of benzene rings is 2. The molecular formula is C27H30FN7O3S. The Labute approximate surface area is 229 Å². The maximum Gasteiger partial charge on any atom is 0.269 e.